The van der Waals surface area contributed by atoms with Gasteiger partial charge in [0, 0.05) is 10.9 Å². The van der Waals surface area contributed by atoms with Crippen LogP contribution in [0, 0.1) is 6.92 Å². The second-order valence-corrected chi connectivity index (χ2v) is 5.44. The van der Waals surface area contributed by atoms with Crippen molar-refractivity contribution < 1.29 is 14.1 Å². The summed E-state index contributed by atoms with van der Waals surface area (Å²) in [5.74, 6) is 0.424. The molecular formula is C15H13N3O3S. The fourth-order valence-electron chi connectivity index (χ4n) is 1.84. The number of ether oxygens (including phenoxy) is 1. The van der Waals surface area contributed by atoms with Crippen molar-refractivity contribution in [2.45, 2.75) is 20.0 Å². The van der Waals surface area contributed by atoms with Gasteiger partial charge in [-0.25, -0.2) is 4.98 Å². The first-order valence-corrected chi connectivity index (χ1v) is 7.53. The molecule has 0 saturated heterocycles. The number of hydrogen-bond donors (Lipinski definition) is 0. The Morgan fingerprint density at radius 1 is 1.27 bits per heavy atom. The molecule has 0 bridgehead atoms. The molecule has 112 valence electrons. The number of nitrogens with zero attached hydrogens (tertiary/aromatic N) is 3. The highest BCUT2D eigenvalue weighted by Gasteiger charge is 2.12. The van der Waals surface area contributed by atoms with E-state index in [1.165, 1.54) is 11.3 Å². The van der Waals surface area contributed by atoms with Gasteiger partial charge in [0.25, 0.3) is 5.89 Å². The van der Waals surface area contributed by atoms with Crippen LogP contribution in [0.25, 0.3) is 10.6 Å². The van der Waals surface area contributed by atoms with Gasteiger partial charge in [0.15, 0.2) is 12.4 Å². The Morgan fingerprint density at radius 3 is 2.82 bits per heavy atom. The van der Waals surface area contributed by atoms with Crippen LogP contribution in [-0.4, -0.2) is 21.1 Å². The molecule has 0 atom stereocenters. The van der Waals surface area contributed by atoms with Gasteiger partial charge in [-0.3, -0.25) is 4.79 Å². The molecule has 3 rings (SSSR count). The van der Waals surface area contributed by atoms with Crippen LogP contribution in [0.2, 0.25) is 0 Å². The van der Waals surface area contributed by atoms with E-state index >= 15 is 0 Å². The highest BCUT2D eigenvalue weighted by Crippen LogP contribution is 2.23. The molecule has 3 aromatic rings. The monoisotopic (exact) mass is 315 g/mol. The number of aryl methyl sites for hydroxylation is 1. The molecule has 7 heteroatoms. The average molecular weight is 315 g/mol. The zero-order chi connectivity index (χ0) is 15.4. The standard InChI is InChI=1S/C15H13N3O3S/c1-10-16-13(21-18-10)8-20-14(19)7-12-9-22-15(17-12)11-5-3-2-4-6-11/h2-6,9H,7-8H2,1H3. The van der Waals surface area contributed by atoms with Gasteiger partial charge in [0.2, 0.25) is 0 Å². The van der Waals surface area contributed by atoms with Gasteiger partial charge in [-0.15, -0.1) is 11.3 Å². The van der Waals surface area contributed by atoms with Crippen molar-refractivity contribution in [1.29, 1.82) is 0 Å². The van der Waals surface area contributed by atoms with E-state index in [0.29, 0.717) is 11.5 Å². The number of thiazole rings is 1. The smallest absolute Gasteiger partial charge is 0.312 e. The molecule has 0 unspecified atom stereocenters. The molecule has 2 heterocycles. The number of carbonyl (C=O) groups is 1. The molecule has 0 radical (unpaired) electrons. The minimum atomic E-state index is -0.374. The zero-order valence-corrected chi connectivity index (χ0v) is 12.7. The molecule has 1 aromatic carbocycles. The van der Waals surface area contributed by atoms with Crippen molar-refractivity contribution in [3.8, 4) is 10.6 Å². The lowest BCUT2D eigenvalue weighted by Gasteiger charge is -1.99. The van der Waals surface area contributed by atoms with Gasteiger partial charge < -0.3 is 9.26 Å². The van der Waals surface area contributed by atoms with Crippen molar-refractivity contribution in [3.05, 3.63) is 53.1 Å². The third kappa shape index (κ3) is 3.56. The van der Waals surface area contributed by atoms with E-state index < -0.39 is 0 Å². The largest absolute Gasteiger partial charge is 0.455 e. The Balaban J connectivity index is 1.57. The van der Waals surface area contributed by atoms with Crippen LogP contribution >= 0.6 is 11.3 Å². The van der Waals surface area contributed by atoms with Crippen molar-refractivity contribution >= 4 is 17.3 Å². The minimum Gasteiger partial charge on any atom is -0.455 e. The third-order valence-corrected chi connectivity index (χ3v) is 3.76. The highest BCUT2D eigenvalue weighted by atomic mass is 32.1. The summed E-state index contributed by atoms with van der Waals surface area (Å²) in [7, 11) is 0. The summed E-state index contributed by atoms with van der Waals surface area (Å²) in [4.78, 5) is 20.2. The Bertz CT molecular complexity index is 767. The summed E-state index contributed by atoms with van der Waals surface area (Å²) < 4.78 is 9.96. The van der Waals surface area contributed by atoms with Crippen LogP contribution in [0.5, 0.6) is 0 Å². The minimum absolute atomic E-state index is 0.0185. The number of aromatic nitrogens is 3. The molecule has 22 heavy (non-hydrogen) atoms. The third-order valence-electron chi connectivity index (χ3n) is 2.82. The molecule has 0 N–H and O–H groups in total. The van der Waals surface area contributed by atoms with Crippen molar-refractivity contribution in [2.75, 3.05) is 0 Å². The van der Waals surface area contributed by atoms with Crippen LogP contribution in [0.3, 0.4) is 0 Å². The van der Waals surface area contributed by atoms with Crippen LogP contribution in [-0.2, 0) is 22.6 Å². The predicted octanol–water partition coefficient (Wildman–Crippen LogP) is 2.79. The number of rotatable bonds is 5. The normalized spacial score (nSPS) is 10.6. The van der Waals surface area contributed by atoms with Gasteiger partial charge in [-0.2, -0.15) is 4.98 Å². The first kappa shape index (κ1) is 14.4. The van der Waals surface area contributed by atoms with E-state index in [9.17, 15) is 4.79 Å². The summed E-state index contributed by atoms with van der Waals surface area (Å²) in [5, 5.41) is 6.37. The SMILES string of the molecule is Cc1noc(COC(=O)Cc2csc(-c3ccccc3)n2)n1. The lowest BCUT2D eigenvalue weighted by Crippen LogP contribution is -2.08. The molecule has 0 fully saturated rings. The maximum atomic E-state index is 11.8. The Morgan fingerprint density at radius 2 is 2.09 bits per heavy atom. The number of hydrogen-bond acceptors (Lipinski definition) is 7. The van der Waals surface area contributed by atoms with E-state index in [2.05, 4.69) is 15.1 Å². The van der Waals surface area contributed by atoms with E-state index in [1.807, 2.05) is 35.7 Å². The molecule has 0 aliphatic heterocycles. The van der Waals surface area contributed by atoms with E-state index in [-0.39, 0.29) is 24.9 Å². The quantitative estimate of drug-likeness (QED) is 0.674. The summed E-state index contributed by atoms with van der Waals surface area (Å²) in [6.45, 7) is 1.69. The van der Waals surface area contributed by atoms with Crippen molar-refractivity contribution in [3.63, 3.8) is 0 Å². The number of carbonyl (C=O) groups excluding carboxylic acids is 1. The number of benzene rings is 1. The fraction of sp³-hybridized carbons (Fsp3) is 0.200. The van der Waals surface area contributed by atoms with Crippen LogP contribution < -0.4 is 0 Å². The first-order chi connectivity index (χ1) is 10.7. The molecular weight excluding hydrogens is 302 g/mol. The first-order valence-electron chi connectivity index (χ1n) is 6.65. The summed E-state index contributed by atoms with van der Waals surface area (Å²) in [6, 6.07) is 9.83. The van der Waals surface area contributed by atoms with Gasteiger partial charge in [0.05, 0.1) is 12.1 Å². The van der Waals surface area contributed by atoms with Gasteiger partial charge in [-0.1, -0.05) is 35.5 Å². The molecule has 6 nitrogen and oxygen atoms in total. The fourth-order valence-corrected chi connectivity index (χ4v) is 2.67. The van der Waals surface area contributed by atoms with Crippen molar-refractivity contribution in [2.24, 2.45) is 0 Å². The highest BCUT2D eigenvalue weighted by molar-refractivity contribution is 7.13. The second kappa shape index (κ2) is 6.48. The molecule has 0 amide bonds. The Kier molecular flexibility index (Phi) is 4.24. The van der Waals surface area contributed by atoms with Gasteiger partial charge >= 0.3 is 5.97 Å². The maximum absolute atomic E-state index is 11.8. The summed E-state index contributed by atoms with van der Waals surface area (Å²) >= 11 is 1.50. The Labute approximate surface area is 130 Å². The summed E-state index contributed by atoms with van der Waals surface area (Å²) in [5.41, 5.74) is 1.73. The predicted molar refractivity (Wildman–Crippen MR) is 80.1 cm³/mol. The average Bonchev–Trinajstić information content (AvgIpc) is 3.15. The maximum Gasteiger partial charge on any atom is 0.312 e. The van der Waals surface area contributed by atoms with Crippen LogP contribution in [0.4, 0.5) is 0 Å². The van der Waals surface area contributed by atoms with E-state index in [4.69, 9.17) is 9.26 Å². The van der Waals surface area contributed by atoms with E-state index in [0.717, 1.165) is 10.6 Å². The molecule has 0 aliphatic rings. The molecule has 2 aromatic heterocycles. The van der Waals surface area contributed by atoms with Crippen LogP contribution in [0.1, 0.15) is 17.4 Å². The molecule has 0 spiro atoms. The van der Waals surface area contributed by atoms with Gasteiger partial charge in [-0.05, 0) is 6.92 Å². The lowest BCUT2D eigenvalue weighted by atomic mass is 10.2. The molecule has 0 saturated carbocycles. The summed E-state index contributed by atoms with van der Waals surface area (Å²) in [6.07, 6.45) is 0.121. The zero-order valence-electron chi connectivity index (χ0n) is 11.9. The lowest BCUT2D eigenvalue weighted by molar-refractivity contribution is -0.144. The van der Waals surface area contributed by atoms with Crippen LogP contribution in [0.15, 0.2) is 40.2 Å². The second-order valence-electron chi connectivity index (χ2n) is 4.58. The topological polar surface area (TPSA) is 78.1 Å². The van der Waals surface area contributed by atoms with Gasteiger partial charge in [0.1, 0.15) is 5.01 Å². The number of esters is 1. The Hall–Kier alpha value is -2.54. The molecule has 0 aliphatic carbocycles. The van der Waals surface area contributed by atoms with Crippen molar-refractivity contribution in [1.82, 2.24) is 15.1 Å². The van der Waals surface area contributed by atoms with E-state index in [1.54, 1.807) is 6.92 Å².